The molecule has 1 saturated carbocycles. The van der Waals surface area contributed by atoms with Crippen LogP contribution < -0.4 is 24.5 Å². The van der Waals surface area contributed by atoms with Crippen molar-refractivity contribution in [3.05, 3.63) is 160 Å². The number of benzene rings is 5. The Morgan fingerprint density at radius 1 is 0.750 bits per heavy atom. The number of nitrogens with one attached hydrogen (secondary N) is 1. The molecule has 0 radical (unpaired) electrons. The molecule has 4 amide bonds. The number of carbonyl (C=O) groups excluding carboxylic acids is 4. The van der Waals surface area contributed by atoms with Gasteiger partial charge in [-0.3, -0.25) is 29.5 Å². The number of phenols is 1. The summed E-state index contributed by atoms with van der Waals surface area (Å²) in [7, 11) is 4.63. The Morgan fingerprint density at radius 3 is 2.17 bits per heavy atom. The molecule has 3 fully saturated rings. The number of carbonyl (C=O) groups is 4. The molecule has 0 spiro atoms. The molecule has 324 valence electrons. The van der Waals surface area contributed by atoms with Gasteiger partial charge in [0.2, 0.25) is 11.8 Å². The summed E-state index contributed by atoms with van der Waals surface area (Å²) in [5.74, 6) is -4.65. The molecule has 6 unspecified atom stereocenters. The maximum atomic E-state index is 15.3. The van der Waals surface area contributed by atoms with E-state index in [9.17, 15) is 23.9 Å². The van der Waals surface area contributed by atoms with Gasteiger partial charge < -0.3 is 19.3 Å². The molecule has 11 nitrogen and oxygen atoms in total. The fraction of sp³-hybridized carbons (Fsp3) is 0.216. The summed E-state index contributed by atoms with van der Waals surface area (Å²) in [6, 6.07) is 29.7. The third-order valence-electron chi connectivity index (χ3n) is 13.0. The van der Waals surface area contributed by atoms with Crippen molar-refractivity contribution in [2.75, 3.05) is 31.7 Å². The van der Waals surface area contributed by atoms with Gasteiger partial charge in [-0.25, -0.2) is 4.39 Å². The summed E-state index contributed by atoms with van der Waals surface area (Å²) in [6.45, 7) is 0. The number of hydrazine groups is 1. The molecule has 9 rings (SSSR count). The van der Waals surface area contributed by atoms with Crippen LogP contribution in [0, 0.1) is 35.4 Å². The van der Waals surface area contributed by atoms with Crippen LogP contribution in [-0.2, 0) is 24.6 Å². The van der Waals surface area contributed by atoms with Gasteiger partial charge >= 0.3 is 0 Å². The van der Waals surface area contributed by atoms with Crippen LogP contribution >= 0.6 is 11.6 Å². The first-order chi connectivity index (χ1) is 31.0. The number of imide groups is 2. The molecule has 2 saturated heterocycles. The summed E-state index contributed by atoms with van der Waals surface area (Å²) < 4.78 is 30.3. The normalized spacial score (nSPS) is 23.9. The highest BCUT2D eigenvalue weighted by Gasteiger charge is 2.69. The van der Waals surface area contributed by atoms with Crippen LogP contribution in [0.25, 0.3) is 18.2 Å². The van der Waals surface area contributed by atoms with Crippen LogP contribution in [0.1, 0.15) is 35.1 Å². The summed E-state index contributed by atoms with van der Waals surface area (Å²) in [5.41, 5.74) is 5.74. The van der Waals surface area contributed by atoms with Gasteiger partial charge in [0.25, 0.3) is 11.8 Å². The number of allylic oxidation sites excluding steroid dienone is 3. The largest absolute Gasteiger partial charge is 0.504 e. The predicted molar refractivity (Wildman–Crippen MR) is 241 cm³/mol. The van der Waals surface area contributed by atoms with Crippen molar-refractivity contribution in [1.82, 2.24) is 5.01 Å². The third-order valence-corrected chi connectivity index (χ3v) is 13.3. The number of anilines is 2. The summed E-state index contributed by atoms with van der Waals surface area (Å²) >= 11 is 6.41. The van der Waals surface area contributed by atoms with Crippen LogP contribution in [0.4, 0.5) is 15.8 Å². The minimum atomic E-state index is -1.54. The highest BCUT2D eigenvalue weighted by Crippen LogP contribution is 2.62. The fourth-order valence-electron chi connectivity index (χ4n) is 10.1. The standard InChI is InChI=1S/C51H43ClFN3O8/c1-62-37-20-25-44(63-2)31(27-37)9-4-29-5-18-36(19-6-29)55-47(58)39-22-21-38-40(46(39)49(55)60)28-42-48(59)56(54-35-16-14-34(53)15-17-35)50(61)51(42,32-10-12-33(52)13-11-32)41(38)23-7-30-8-24-43(57)45(26-30)64-3/h4-21,23-27,39-42,46,54,57H,22,28H2,1-3H3. The van der Waals surface area contributed by atoms with Gasteiger partial charge in [-0.2, -0.15) is 5.01 Å². The number of hydrogen-bond donors (Lipinski definition) is 2. The molecule has 13 heteroatoms. The van der Waals surface area contributed by atoms with Crippen LogP contribution in [0.5, 0.6) is 23.0 Å². The van der Waals surface area contributed by atoms with Gasteiger partial charge in [0.05, 0.1) is 55.9 Å². The lowest BCUT2D eigenvalue weighted by molar-refractivity contribution is -0.139. The summed E-state index contributed by atoms with van der Waals surface area (Å²) in [5, 5.41) is 11.8. The molecule has 5 aromatic carbocycles. The number of halogens is 2. The van der Waals surface area contributed by atoms with Crippen molar-refractivity contribution in [3.63, 3.8) is 0 Å². The van der Waals surface area contributed by atoms with Crippen LogP contribution in [0.3, 0.4) is 0 Å². The van der Waals surface area contributed by atoms with Crippen molar-refractivity contribution in [2.24, 2.45) is 29.6 Å². The molecule has 5 aromatic rings. The number of amides is 4. The Labute approximate surface area is 374 Å². The smallest absolute Gasteiger partial charge is 0.260 e. The first-order valence-electron chi connectivity index (χ1n) is 20.8. The van der Waals surface area contributed by atoms with E-state index in [-0.39, 0.29) is 36.2 Å². The van der Waals surface area contributed by atoms with E-state index in [2.05, 4.69) is 5.43 Å². The molecular formula is C51H43ClFN3O8. The second-order valence-electron chi connectivity index (χ2n) is 16.3. The maximum absolute atomic E-state index is 15.3. The molecular weight excluding hydrogens is 837 g/mol. The molecule has 2 N–H and O–H groups in total. The highest BCUT2D eigenvalue weighted by molar-refractivity contribution is 6.30. The number of methoxy groups -OCH3 is 3. The van der Waals surface area contributed by atoms with Crippen LogP contribution in [-0.4, -0.2) is 55.1 Å². The van der Waals surface area contributed by atoms with Crippen molar-refractivity contribution in [2.45, 2.75) is 18.3 Å². The predicted octanol–water partition coefficient (Wildman–Crippen LogP) is 9.12. The lowest BCUT2D eigenvalue weighted by Gasteiger charge is -2.49. The lowest BCUT2D eigenvalue weighted by atomic mass is 9.50. The zero-order valence-electron chi connectivity index (χ0n) is 35.0. The maximum Gasteiger partial charge on any atom is 0.260 e. The van der Waals surface area contributed by atoms with E-state index in [0.29, 0.717) is 39.0 Å². The highest BCUT2D eigenvalue weighted by atomic mass is 35.5. The third kappa shape index (κ3) is 7.07. The zero-order valence-corrected chi connectivity index (χ0v) is 35.8. The van der Waals surface area contributed by atoms with Gasteiger partial charge in [-0.15, -0.1) is 0 Å². The first kappa shape index (κ1) is 42.1. The number of fused-ring (bicyclic) bond motifs is 4. The molecule has 2 aliphatic heterocycles. The SMILES string of the molecule is COc1ccc(OC)c(C=Cc2ccc(N3C(=O)C4CC=C5C(CC6C(=O)N(Nc7ccc(F)cc7)C(=O)C6(c6ccc(Cl)cc6)C5C=Cc5ccc(O)c(OC)c5)C4C3=O)cc2)c1. The molecule has 64 heavy (non-hydrogen) atoms. The molecule has 2 aliphatic carbocycles. The minimum Gasteiger partial charge on any atom is -0.504 e. The van der Waals surface area contributed by atoms with Crippen molar-refractivity contribution in [1.29, 1.82) is 0 Å². The second-order valence-corrected chi connectivity index (χ2v) is 16.7. The molecule has 2 heterocycles. The quantitative estimate of drug-likeness (QED) is 0.0757. The average molecular weight is 880 g/mol. The Morgan fingerprint density at radius 2 is 1.47 bits per heavy atom. The van der Waals surface area contributed by atoms with Crippen LogP contribution in [0.15, 0.2) is 127 Å². The van der Waals surface area contributed by atoms with E-state index in [4.69, 9.17) is 25.8 Å². The van der Waals surface area contributed by atoms with Gasteiger partial charge in [0, 0.05) is 16.5 Å². The Bertz CT molecular complexity index is 2770. The van der Waals surface area contributed by atoms with Crippen LogP contribution in [0.2, 0.25) is 5.02 Å². The number of nitrogens with zero attached hydrogens (tertiary/aromatic N) is 2. The number of ether oxygens (including phenoxy) is 3. The number of rotatable bonds is 11. The average Bonchev–Trinajstić information content (AvgIpc) is 3.69. The molecule has 6 atom stereocenters. The number of hydrogen-bond acceptors (Lipinski definition) is 9. The Hall–Kier alpha value is -7.18. The minimum absolute atomic E-state index is 0.0517. The van der Waals surface area contributed by atoms with Crippen molar-refractivity contribution < 1.29 is 42.9 Å². The number of aromatic hydroxyl groups is 1. The van der Waals surface area contributed by atoms with E-state index in [1.807, 2.05) is 54.6 Å². The monoisotopic (exact) mass is 879 g/mol. The van der Waals surface area contributed by atoms with Gasteiger partial charge in [-0.1, -0.05) is 77.9 Å². The van der Waals surface area contributed by atoms with Crippen molar-refractivity contribution in [3.8, 4) is 23.0 Å². The van der Waals surface area contributed by atoms with E-state index < -0.39 is 52.6 Å². The van der Waals surface area contributed by atoms with Gasteiger partial charge in [0.15, 0.2) is 11.5 Å². The van der Waals surface area contributed by atoms with Crippen molar-refractivity contribution >= 4 is 64.8 Å². The Balaban J connectivity index is 1.11. The molecule has 4 aliphatic rings. The Kier molecular flexibility index (Phi) is 11.1. The fourth-order valence-corrected chi connectivity index (χ4v) is 10.2. The summed E-state index contributed by atoms with van der Waals surface area (Å²) in [6.07, 6.45) is 9.75. The lowest BCUT2D eigenvalue weighted by Crippen LogP contribution is -2.54. The van der Waals surface area contributed by atoms with E-state index >= 15 is 4.79 Å². The number of phenolic OH excluding ortho intramolecular Hbond substituents is 1. The van der Waals surface area contributed by atoms with E-state index in [0.717, 1.165) is 21.7 Å². The van der Waals surface area contributed by atoms with E-state index in [1.165, 1.54) is 42.3 Å². The first-order valence-corrected chi connectivity index (χ1v) is 21.1. The summed E-state index contributed by atoms with van der Waals surface area (Å²) in [4.78, 5) is 60.7. The second kappa shape index (κ2) is 16.8. The molecule has 0 aromatic heterocycles. The zero-order chi connectivity index (χ0) is 44.9. The molecule has 0 bridgehead atoms. The van der Waals surface area contributed by atoms with Gasteiger partial charge in [-0.05, 0) is 114 Å². The van der Waals surface area contributed by atoms with E-state index in [1.54, 1.807) is 68.8 Å². The topological polar surface area (TPSA) is 135 Å². The van der Waals surface area contributed by atoms with Gasteiger partial charge in [0.1, 0.15) is 17.3 Å².